The van der Waals surface area contributed by atoms with Crippen LogP contribution >= 0.6 is 0 Å². The van der Waals surface area contributed by atoms with Crippen LogP contribution in [0.25, 0.3) is 49.2 Å². The molecule has 2 fully saturated rings. The topological polar surface area (TPSA) is 174 Å². The first-order valence-corrected chi connectivity index (χ1v) is 21.7. The molecule has 5 aromatic rings. The van der Waals surface area contributed by atoms with E-state index >= 15 is 0 Å². The number of anilines is 1. The molecule has 0 spiro atoms. The Morgan fingerprint density at radius 2 is 1.30 bits per heavy atom. The monoisotopic (exact) mass is 835 g/mol. The van der Waals surface area contributed by atoms with Gasteiger partial charge >= 0.3 is 0 Å². The van der Waals surface area contributed by atoms with Gasteiger partial charge < -0.3 is 36.0 Å². The fourth-order valence-electron chi connectivity index (χ4n) is 11.0. The number of carbonyl (C=O) groups excluding carboxylic acids is 2. The molecule has 3 aliphatic rings. The van der Waals surface area contributed by atoms with E-state index in [2.05, 4.69) is 22.0 Å². The summed E-state index contributed by atoms with van der Waals surface area (Å²) in [6.07, 6.45) is 10.5. The highest BCUT2D eigenvalue weighted by Gasteiger charge is 2.34. The van der Waals surface area contributed by atoms with Crippen molar-refractivity contribution in [2.75, 3.05) is 32.1 Å². The molecule has 0 radical (unpaired) electrons. The van der Waals surface area contributed by atoms with Crippen LogP contribution in [0.5, 0.6) is 11.5 Å². The smallest absolute Gasteiger partial charge is 0.230 e. The number of aliphatic hydroxyl groups is 2. The number of fused-ring (bicyclic) bond motifs is 1. The second-order valence-corrected chi connectivity index (χ2v) is 17.3. The first kappa shape index (κ1) is 45.5. The molecular weight excluding hydrogens is 771 g/mol. The number of aromatic hydroxyl groups is 1. The third kappa shape index (κ3) is 7.77. The van der Waals surface area contributed by atoms with Crippen LogP contribution in [0, 0.1) is 23.7 Å². The number of phenolic OH excluding ortho intramolecular Hbond substituents is 1. The number of aliphatic hydroxyl groups excluding tert-OH is 2. The van der Waals surface area contributed by atoms with Crippen LogP contribution in [0.2, 0.25) is 0 Å². The summed E-state index contributed by atoms with van der Waals surface area (Å²) < 4.78 is 6.01. The molecule has 0 atom stereocenters. The van der Waals surface area contributed by atoms with Gasteiger partial charge in [0.25, 0.3) is 0 Å². The lowest BCUT2D eigenvalue weighted by molar-refractivity contribution is -0.126. The lowest BCUT2D eigenvalue weighted by Gasteiger charge is -2.29. The highest BCUT2D eigenvalue weighted by molar-refractivity contribution is 6.38. The maximum atomic E-state index is 14.9. The van der Waals surface area contributed by atoms with E-state index in [1.54, 1.807) is 0 Å². The molecule has 0 saturated heterocycles. The predicted molar refractivity (Wildman–Crippen MR) is 247 cm³/mol. The van der Waals surface area contributed by atoms with E-state index in [4.69, 9.17) is 4.74 Å². The summed E-state index contributed by atoms with van der Waals surface area (Å²) in [6.45, 7) is 6.83. The summed E-state index contributed by atoms with van der Waals surface area (Å²) in [7, 11) is 1.51. The van der Waals surface area contributed by atoms with Crippen molar-refractivity contribution in [3.63, 3.8) is 0 Å². The van der Waals surface area contributed by atoms with Crippen molar-refractivity contribution in [3.8, 4) is 11.5 Å². The minimum Gasteiger partial charge on any atom is -0.507 e. The predicted octanol–water partition coefficient (Wildman–Crippen LogP) is 8.06. The number of rotatable bonds is 13. The molecule has 2 amide bonds. The number of amides is 2. The van der Waals surface area contributed by atoms with Crippen LogP contribution in [0.3, 0.4) is 0 Å². The van der Waals surface area contributed by atoms with Gasteiger partial charge in [-0.05, 0) is 154 Å². The van der Waals surface area contributed by atoms with Crippen LogP contribution in [0.15, 0.2) is 27.3 Å². The average Bonchev–Trinajstić information content (AvgIpc) is 3.39. The Balaban J connectivity index is 0.00000311. The van der Waals surface area contributed by atoms with Crippen molar-refractivity contribution in [1.82, 2.24) is 10.6 Å². The van der Waals surface area contributed by atoms with Crippen LogP contribution in [-0.2, 0) is 35.6 Å². The van der Waals surface area contributed by atoms with Crippen LogP contribution in [0.1, 0.15) is 121 Å². The molecule has 0 heterocycles. The number of hydrogen-bond donors (Lipinski definition) is 6. The number of ether oxygens (including phenoxy) is 1. The number of carbonyl (C=O) groups is 2. The van der Waals surface area contributed by atoms with E-state index in [-0.39, 0.29) is 73.3 Å². The minimum atomic E-state index is -0.459. The molecule has 3 aliphatic carbocycles. The highest BCUT2D eigenvalue weighted by atomic mass is 16.5. The van der Waals surface area contributed by atoms with Gasteiger partial charge in [0.05, 0.1) is 31.1 Å². The first-order chi connectivity index (χ1) is 28.5. The van der Waals surface area contributed by atoms with Gasteiger partial charge in [0.2, 0.25) is 17.2 Å². The van der Waals surface area contributed by atoms with Crippen LogP contribution in [-0.4, -0.2) is 53.9 Å². The standard InChI is InChI=1S/C48H57N3O8.2CH4/c1-5-49-47(57)27-12-7-25(8-13-27)11-16-31-32-17-24(3)18-33-39-38(32)43-37(30(23-53)20-35(54)41(43)44(31)55)36-29(22-52)19-34(40(42(36)39)45(56)46(33)59-4)51-21-26-9-14-28(15-10-26)48(58)50-6-2;;/h17,19-20,25-28,51-53,55H,5-16,18,21-23H2,1-4H3,(H,49,57)(H,50,58);2*1H4. The van der Waals surface area contributed by atoms with Crippen molar-refractivity contribution in [2.24, 2.45) is 23.7 Å². The van der Waals surface area contributed by atoms with Gasteiger partial charge in [-0.1, -0.05) is 26.5 Å². The average molecular weight is 836 g/mol. The van der Waals surface area contributed by atoms with Gasteiger partial charge in [-0.2, -0.15) is 0 Å². The lowest BCUT2D eigenvalue weighted by Crippen LogP contribution is -2.34. The molecule has 0 aliphatic heterocycles. The summed E-state index contributed by atoms with van der Waals surface area (Å²) in [5, 5.41) is 48.2. The number of hydrogen-bond acceptors (Lipinski definition) is 9. The number of benzene rings is 5. The molecule has 5 aromatic carbocycles. The number of phenols is 1. The molecule has 0 aromatic heterocycles. The molecule has 61 heavy (non-hydrogen) atoms. The molecule has 2 saturated carbocycles. The third-order valence-corrected chi connectivity index (χ3v) is 13.8. The van der Waals surface area contributed by atoms with E-state index in [0.29, 0.717) is 93.3 Å². The van der Waals surface area contributed by atoms with E-state index < -0.39 is 12.0 Å². The Morgan fingerprint density at radius 1 is 0.738 bits per heavy atom. The highest BCUT2D eigenvalue weighted by Crippen LogP contribution is 2.52. The lowest BCUT2D eigenvalue weighted by atomic mass is 9.77. The van der Waals surface area contributed by atoms with Gasteiger partial charge in [0, 0.05) is 59.1 Å². The molecule has 6 N–H and O–H groups in total. The zero-order valence-electron chi connectivity index (χ0n) is 34.7. The summed E-state index contributed by atoms with van der Waals surface area (Å²) >= 11 is 0. The van der Waals surface area contributed by atoms with Gasteiger partial charge in [-0.15, -0.1) is 0 Å². The van der Waals surface area contributed by atoms with E-state index in [0.717, 1.165) is 79.7 Å². The largest absolute Gasteiger partial charge is 0.507 e. The van der Waals surface area contributed by atoms with Gasteiger partial charge in [0.15, 0.2) is 11.2 Å². The molecule has 0 unspecified atom stereocenters. The van der Waals surface area contributed by atoms with Gasteiger partial charge in [0.1, 0.15) is 5.75 Å². The number of nitrogens with one attached hydrogen (secondary N) is 3. The molecule has 0 bridgehead atoms. The minimum absolute atomic E-state index is 0. The first-order valence-electron chi connectivity index (χ1n) is 21.7. The Hall–Kier alpha value is -5.00. The fourth-order valence-corrected chi connectivity index (χ4v) is 11.0. The van der Waals surface area contributed by atoms with Crippen molar-refractivity contribution in [2.45, 2.75) is 119 Å². The Kier molecular flexibility index (Phi) is 13.8. The Bertz CT molecular complexity index is 2600. The second-order valence-electron chi connectivity index (χ2n) is 17.3. The zero-order valence-corrected chi connectivity index (χ0v) is 34.7. The fraction of sp³-hybridized carbons (Fsp3) is 0.520. The quantitative estimate of drug-likeness (QED) is 0.0507. The normalized spacial score (nSPS) is 20.0. The van der Waals surface area contributed by atoms with E-state index in [1.807, 2.05) is 26.8 Å². The summed E-state index contributed by atoms with van der Waals surface area (Å²) in [6, 6.07) is 3.20. The summed E-state index contributed by atoms with van der Waals surface area (Å²) in [5.41, 5.74) is 3.90. The molecular formula is C50H65N3O8. The Morgan fingerprint density at radius 3 is 1.85 bits per heavy atom. The maximum Gasteiger partial charge on any atom is 0.230 e. The maximum absolute atomic E-state index is 14.9. The second kappa shape index (κ2) is 18.5. The van der Waals surface area contributed by atoms with E-state index in [1.165, 1.54) is 13.2 Å². The van der Waals surface area contributed by atoms with Crippen molar-refractivity contribution >= 4 is 66.7 Å². The third-order valence-electron chi connectivity index (χ3n) is 13.8. The number of methoxy groups -OCH3 is 1. The zero-order chi connectivity index (χ0) is 41.7. The summed E-state index contributed by atoms with van der Waals surface area (Å²) in [4.78, 5) is 54.2. The van der Waals surface area contributed by atoms with Crippen molar-refractivity contribution in [1.29, 1.82) is 0 Å². The molecule has 328 valence electrons. The molecule has 8 rings (SSSR count). The van der Waals surface area contributed by atoms with E-state index in [9.17, 15) is 34.5 Å². The Labute approximate surface area is 358 Å². The molecule has 11 nitrogen and oxygen atoms in total. The van der Waals surface area contributed by atoms with Crippen LogP contribution < -0.4 is 31.5 Å². The summed E-state index contributed by atoms with van der Waals surface area (Å²) in [5.74, 6) is 1.00. The van der Waals surface area contributed by atoms with Gasteiger partial charge in [-0.3, -0.25) is 19.2 Å². The number of allylic oxidation sites excluding steroid dienone is 1. The van der Waals surface area contributed by atoms with Gasteiger partial charge in [-0.25, -0.2) is 0 Å². The van der Waals surface area contributed by atoms with Crippen LogP contribution in [0.4, 0.5) is 5.69 Å². The molecule has 11 heteroatoms. The van der Waals surface area contributed by atoms with Crippen molar-refractivity contribution in [3.05, 3.63) is 66.0 Å². The van der Waals surface area contributed by atoms with Crippen molar-refractivity contribution < 1.29 is 29.6 Å². The SMILES string of the molecule is C.C.CCNC(=O)C1CCC(CCc2c(O)c3c(=O)cc(CO)c4c5c(CO)cc(NCC6CCC(C(=O)NCC)CC6)c6c(=O)c(OC)c7c(c(c2C=C(C)C7)c34)c65)CC1.